The fraction of sp³-hybridized carbons (Fsp3) is 0.583. The first-order chi connectivity index (χ1) is 7.81. The quantitative estimate of drug-likeness (QED) is 0.838. The highest BCUT2D eigenvalue weighted by molar-refractivity contribution is 7.10. The SMILES string of the molecule is CCc1ccsc1CNC(=O)[C@@H]1CCCN1. The van der Waals surface area contributed by atoms with E-state index in [9.17, 15) is 4.79 Å². The van der Waals surface area contributed by atoms with Gasteiger partial charge in [-0.05, 0) is 42.8 Å². The fourth-order valence-electron chi connectivity index (χ4n) is 2.04. The number of hydrogen-bond acceptors (Lipinski definition) is 3. The van der Waals surface area contributed by atoms with Gasteiger partial charge in [0, 0.05) is 4.88 Å². The van der Waals surface area contributed by atoms with E-state index >= 15 is 0 Å². The van der Waals surface area contributed by atoms with Crippen LogP contribution < -0.4 is 10.6 Å². The van der Waals surface area contributed by atoms with E-state index in [0.717, 1.165) is 25.8 Å². The smallest absolute Gasteiger partial charge is 0.237 e. The molecule has 2 heterocycles. The van der Waals surface area contributed by atoms with Crippen molar-refractivity contribution < 1.29 is 4.79 Å². The van der Waals surface area contributed by atoms with Crippen LogP contribution in [-0.4, -0.2) is 18.5 Å². The number of hydrogen-bond donors (Lipinski definition) is 2. The number of nitrogens with one attached hydrogen (secondary N) is 2. The maximum Gasteiger partial charge on any atom is 0.237 e. The molecule has 1 fully saturated rings. The normalized spacial score (nSPS) is 19.9. The molecule has 0 unspecified atom stereocenters. The molecule has 1 aliphatic rings. The van der Waals surface area contributed by atoms with Gasteiger partial charge in [0.1, 0.15) is 0 Å². The van der Waals surface area contributed by atoms with Crippen LogP contribution in [0.5, 0.6) is 0 Å². The zero-order chi connectivity index (χ0) is 11.4. The van der Waals surface area contributed by atoms with Gasteiger partial charge in [0.2, 0.25) is 5.91 Å². The molecule has 3 nitrogen and oxygen atoms in total. The minimum atomic E-state index is 0.0324. The van der Waals surface area contributed by atoms with E-state index in [1.165, 1.54) is 10.4 Å². The highest BCUT2D eigenvalue weighted by atomic mass is 32.1. The largest absolute Gasteiger partial charge is 0.350 e. The summed E-state index contributed by atoms with van der Waals surface area (Å²) in [4.78, 5) is 13.1. The van der Waals surface area contributed by atoms with E-state index in [2.05, 4.69) is 29.0 Å². The van der Waals surface area contributed by atoms with Crippen molar-refractivity contribution in [3.8, 4) is 0 Å². The molecule has 1 amide bonds. The molecule has 0 spiro atoms. The van der Waals surface area contributed by atoms with E-state index in [1.54, 1.807) is 11.3 Å². The first-order valence-electron chi connectivity index (χ1n) is 5.87. The summed E-state index contributed by atoms with van der Waals surface area (Å²) in [5, 5.41) is 8.31. The summed E-state index contributed by atoms with van der Waals surface area (Å²) in [6.45, 7) is 3.79. The van der Waals surface area contributed by atoms with Crippen LogP contribution >= 0.6 is 11.3 Å². The predicted molar refractivity (Wildman–Crippen MR) is 66.6 cm³/mol. The Morgan fingerprint density at radius 2 is 2.56 bits per heavy atom. The van der Waals surface area contributed by atoms with Gasteiger partial charge >= 0.3 is 0 Å². The summed E-state index contributed by atoms with van der Waals surface area (Å²) in [5.74, 6) is 0.146. The van der Waals surface area contributed by atoms with Crippen molar-refractivity contribution in [2.24, 2.45) is 0 Å². The first kappa shape index (κ1) is 11.6. The van der Waals surface area contributed by atoms with Gasteiger partial charge in [0.15, 0.2) is 0 Å². The van der Waals surface area contributed by atoms with Crippen LogP contribution in [0.4, 0.5) is 0 Å². The van der Waals surface area contributed by atoms with Gasteiger partial charge in [-0.15, -0.1) is 11.3 Å². The third-order valence-electron chi connectivity index (χ3n) is 3.02. The summed E-state index contributed by atoms with van der Waals surface area (Å²) < 4.78 is 0. The monoisotopic (exact) mass is 238 g/mol. The van der Waals surface area contributed by atoms with E-state index in [4.69, 9.17) is 0 Å². The lowest BCUT2D eigenvalue weighted by Crippen LogP contribution is -2.39. The molecule has 0 bridgehead atoms. The minimum absolute atomic E-state index is 0.0324. The second-order valence-electron chi connectivity index (χ2n) is 4.09. The van der Waals surface area contributed by atoms with Crippen LogP contribution in [0.1, 0.15) is 30.2 Å². The average molecular weight is 238 g/mol. The number of carbonyl (C=O) groups excluding carboxylic acids is 1. The molecule has 1 aromatic rings. The third kappa shape index (κ3) is 2.62. The zero-order valence-electron chi connectivity index (χ0n) is 9.58. The molecular weight excluding hydrogens is 220 g/mol. The van der Waals surface area contributed by atoms with E-state index < -0.39 is 0 Å². The van der Waals surface area contributed by atoms with Gasteiger partial charge in [-0.2, -0.15) is 0 Å². The molecule has 88 valence electrons. The molecule has 16 heavy (non-hydrogen) atoms. The van der Waals surface area contributed by atoms with Crippen LogP contribution in [0, 0.1) is 0 Å². The topological polar surface area (TPSA) is 41.1 Å². The lowest BCUT2D eigenvalue weighted by molar-refractivity contribution is -0.122. The lowest BCUT2D eigenvalue weighted by Gasteiger charge is -2.10. The Hall–Kier alpha value is -0.870. The summed E-state index contributed by atoms with van der Waals surface area (Å²) in [6.07, 6.45) is 3.12. The summed E-state index contributed by atoms with van der Waals surface area (Å²) >= 11 is 1.72. The molecule has 2 N–H and O–H groups in total. The van der Waals surface area contributed by atoms with Gasteiger partial charge in [0.05, 0.1) is 12.6 Å². The Morgan fingerprint density at radius 1 is 1.69 bits per heavy atom. The predicted octanol–water partition coefficient (Wildman–Crippen LogP) is 1.68. The van der Waals surface area contributed by atoms with Crippen LogP contribution in [0.2, 0.25) is 0 Å². The van der Waals surface area contributed by atoms with Crippen molar-refractivity contribution in [3.05, 3.63) is 21.9 Å². The Kier molecular flexibility index (Phi) is 3.96. The molecule has 1 saturated heterocycles. The van der Waals surface area contributed by atoms with Crippen molar-refractivity contribution in [3.63, 3.8) is 0 Å². The van der Waals surface area contributed by atoms with Crippen LogP contribution in [0.15, 0.2) is 11.4 Å². The number of aryl methyl sites for hydroxylation is 1. The Morgan fingerprint density at radius 3 is 3.25 bits per heavy atom. The van der Waals surface area contributed by atoms with Gasteiger partial charge in [-0.1, -0.05) is 6.92 Å². The van der Waals surface area contributed by atoms with Gasteiger partial charge < -0.3 is 10.6 Å². The van der Waals surface area contributed by atoms with Crippen molar-refractivity contribution >= 4 is 17.2 Å². The number of rotatable bonds is 4. The highest BCUT2D eigenvalue weighted by Crippen LogP contribution is 2.17. The molecule has 0 radical (unpaired) electrons. The summed E-state index contributed by atoms with van der Waals surface area (Å²) in [7, 11) is 0. The summed E-state index contributed by atoms with van der Waals surface area (Å²) in [5.41, 5.74) is 1.35. The van der Waals surface area contributed by atoms with Crippen molar-refractivity contribution in [2.45, 2.75) is 38.8 Å². The molecule has 4 heteroatoms. The van der Waals surface area contributed by atoms with Crippen LogP contribution in [-0.2, 0) is 17.8 Å². The Bertz CT molecular complexity index is 356. The highest BCUT2D eigenvalue weighted by Gasteiger charge is 2.21. The number of thiophene rings is 1. The van der Waals surface area contributed by atoms with E-state index in [0.29, 0.717) is 6.54 Å². The molecular formula is C12H18N2OS. The maximum atomic E-state index is 11.8. The second kappa shape index (κ2) is 5.46. The average Bonchev–Trinajstić information content (AvgIpc) is 2.96. The summed E-state index contributed by atoms with van der Waals surface area (Å²) in [6, 6.07) is 2.17. The minimum Gasteiger partial charge on any atom is -0.350 e. The standard InChI is InChI=1S/C12H18N2OS/c1-2-9-5-7-16-11(9)8-14-12(15)10-4-3-6-13-10/h5,7,10,13H,2-4,6,8H2,1H3,(H,14,15)/t10-/m0/s1. The number of carbonyl (C=O) groups is 1. The first-order valence-corrected chi connectivity index (χ1v) is 6.75. The molecule has 1 aromatic heterocycles. The molecule has 0 aliphatic carbocycles. The Balaban J connectivity index is 1.84. The second-order valence-corrected chi connectivity index (χ2v) is 5.09. The molecule has 1 aliphatic heterocycles. The lowest BCUT2D eigenvalue weighted by atomic mass is 10.2. The van der Waals surface area contributed by atoms with Crippen LogP contribution in [0.3, 0.4) is 0 Å². The fourth-order valence-corrected chi connectivity index (χ4v) is 2.95. The van der Waals surface area contributed by atoms with E-state index in [1.807, 2.05) is 0 Å². The van der Waals surface area contributed by atoms with Crippen molar-refractivity contribution in [1.82, 2.24) is 10.6 Å². The van der Waals surface area contributed by atoms with Gasteiger partial charge in [-0.3, -0.25) is 4.79 Å². The van der Waals surface area contributed by atoms with Crippen LogP contribution in [0.25, 0.3) is 0 Å². The van der Waals surface area contributed by atoms with Crippen molar-refractivity contribution in [2.75, 3.05) is 6.54 Å². The molecule has 0 saturated carbocycles. The van der Waals surface area contributed by atoms with E-state index in [-0.39, 0.29) is 11.9 Å². The van der Waals surface area contributed by atoms with Gasteiger partial charge in [0.25, 0.3) is 0 Å². The van der Waals surface area contributed by atoms with Gasteiger partial charge in [-0.25, -0.2) is 0 Å². The third-order valence-corrected chi connectivity index (χ3v) is 3.98. The Labute approximate surface area is 100 Å². The molecule has 1 atom stereocenters. The maximum absolute atomic E-state index is 11.8. The number of amides is 1. The molecule has 0 aromatic carbocycles. The zero-order valence-corrected chi connectivity index (χ0v) is 10.4. The molecule has 2 rings (SSSR count). The van der Waals surface area contributed by atoms with Crippen molar-refractivity contribution in [1.29, 1.82) is 0 Å².